The fourth-order valence-electron chi connectivity index (χ4n) is 5.40. The Bertz CT molecular complexity index is 1320. The van der Waals surface area contributed by atoms with Gasteiger partial charge in [0, 0.05) is 47.0 Å². The second kappa shape index (κ2) is 10.4. The summed E-state index contributed by atoms with van der Waals surface area (Å²) in [5.74, 6) is -0.175. The third kappa shape index (κ3) is 4.88. The van der Waals surface area contributed by atoms with Gasteiger partial charge in [0.05, 0.1) is 12.1 Å². The lowest BCUT2D eigenvalue weighted by Gasteiger charge is -2.37. The molecule has 0 aromatic heterocycles. The van der Waals surface area contributed by atoms with Crippen LogP contribution >= 0.6 is 11.6 Å². The normalized spacial score (nSPS) is 17.7. The summed E-state index contributed by atoms with van der Waals surface area (Å²) in [4.78, 5) is 38.7. The monoisotopic (exact) mass is 520 g/mol. The molecular weight excluding hydrogens is 492 g/mol. The zero-order valence-electron chi connectivity index (χ0n) is 20.9. The second-order valence-corrected chi connectivity index (χ2v) is 9.99. The number of methoxy groups -OCH3 is 1. The van der Waals surface area contributed by atoms with Crippen molar-refractivity contribution in [3.8, 4) is 11.5 Å². The molecule has 7 nitrogen and oxygen atoms in total. The molecule has 8 heteroatoms. The van der Waals surface area contributed by atoms with Crippen molar-refractivity contribution in [3.05, 3.63) is 75.1 Å². The minimum atomic E-state index is -0.503. The van der Waals surface area contributed by atoms with Crippen molar-refractivity contribution < 1.29 is 23.9 Å². The van der Waals surface area contributed by atoms with Crippen LogP contribution in [0.3, 0.4) is 0 Å². The quantitative estimate of drug-likeness (QED) is 0.531. The highest BCUT2D eigenvalue weighted by atomic mass is 35.5. The van der Waals surface area contributed by atoms with E-state index >= 15 is 0 Å². The molecular formula is C29H29ClN2O5. The first kappa shape index (κ1) is 25.1. The number of hydrogen-bond donors (Lipinski definition) is 2. The Morgan fingerprint density at radius 1 is 1.03 bits per heavy atom. The molecule has 2 aliphatic carbocycles. The average Bonchev–Trinajstić information content (AvgIpc) is 2.88. The van der Waals surface area contributed by atoms with Gasteiger partial charge in [0.25, 0.3) is 5.91 Å². The van der Waals surface area contributed by atoms with E-state index in [9.17, 15) is 14.4 Å². The van der Waals surface area contributed by atoms with Crippen molar-refractivity contribution >= 4 is 34.8 Å². The molecule has 0 spiro atoms. The fourth-order valence-corrected chi connectivity index (χ4v) is 5.67. The summed E-state index contributed by atoms with van der Waals surface area (Å²) in [6.45, 7) is 1.64. The molecule has 1 amide bonds. The van der Waals surface area contributed by atoms with E-state index in [1.165, 1.54) is 7.11 Å². The number of allylic oxidation sites excluding steroid dienone is 4. The van der Waals surface area contributed by atoms with Crippen molar-refractivity contribution in [2.45, 2.75) is 51.4 Å². The fraction of sp³-hybridized carbons (Fsp3) is 0.345. The van der Waals surface area contributed by atoms with Crippen LogP contribution in [0.5, 0.6) is 11.5 Å². The Morgan fingerprint density at radius 2 is 1.68 bits per heavy atom. The van der Waals surface area contributed by atoms with Gasteiger partial charge in [-0.3, -0.25) is 14.4 Å². The molecule has 0 radical (unpaired) electrons. The van der Waals surface area contributed by atoms with Gasteiger partial charge in [-0.05, 0) is 61.9 Å². The van der Waals surface area contributed by atoms with Crippen LogP contribution in [-0.2, 0) is 14.4 Å². The van der Waals surface area contributed by atoms with E-state index in [1.807, 2.05) is 31.2 Å². The molecule has 192 valence electrons. The summed E-state index contributed by atoms with van der Waals surface area (Å²) in [7, 11) is 1.49. The summed E-state index contributed by atoms with van der Waals surface area (Å²) in [6, 6.07) is 10.9. The molecule has 0 fully saturated rings. The Morgan fingerprint density at radius 3 is 2.30 bits per heavy atom. The summed E-state index contributed by atoms with van der Waals surface area (Å²) < 4.78 is 11.4. The summed E-state index contributed by atoms with van der Waals surface area (Å²) in [5, 5.41) is 6.49. The Kier molecular flexibility index (Phi) is 7.07. The number of nitrogens with one attached hydrogen (secondary N) is 2. The molecule has 0 bridgehead atoms. The van der Waals surface area contributed by atoms with E-state index in [2.05, 4.69) is 10.6 Å². The first-order chi connectivity index (χ1) is 17.9. The maximum atomic E-state index is 13.1. The van der Waals surface area contributed by atoms with Crippen LogP contribution in [-0.4, -0.2) is 31.2 Å². The van der Waals surface area contributed by atoms with Crippen LogP contribution in [0.4, 0.5) is 5.69 Å². The molecule has 0 saturated carbocycles. The first-order valence-electron chi connectivity index (χ1n) is 12.5. The number of ketones is 2. The predicted molar refractivity (Wildman–Crippen MR) is 141 cm³/mol. The third-order valence-corrected chi connectivity index (χ3v) is 7.42. The molecule has 0 unspecified atom stereocenters. The van der Waals surface area contributed by atoms with Gasteiger partial charge in [-0.25, -0.2) is 0 Å². The maximum Gasteiger partial charge on any atom is 0.262 e. The number of Topliss-reactive ketones (excluding diaryl/α,β-unsaturated/α-hetero) is 2. The lowest BCUT2D eigenvalue weighted by atomic mass is 9.71. The van der Waals surface area contributed by atoms with Gasteiger partial charge in [0.15, 0.2) is 29.7 Å². The molecule has 2 N–H and O–H groups in total. The van der Waals surface area contributed by atoms with E-state index in [4.69, 9.17) is 21.1 Å². The predicted octanol–water partition coefficient (Wildman–Crippen LogP) is 5.38. The van der Waals surface area contributed by atoms with Crippen molar-refractivity contribution in [1.29, 1.82) is 0 Å². The molecule has 0 atom stereocenters. The van der Waals surface area contributed by atoms with Gasteiger partial charge in [-0.15, -0.1) is 0 Å². The van der Waals surface area contributed by atoms with Crippen molar-refractivity contribution in [1.82, 2.24) is 5.32 Å². The number of carbonyl (C=O) groups excluding carboxylic acids is 3. The Hall–Kier alpha value is -3.58. The number of halogens is 1. The number of rotatable bonds is 6. The van der Waals surface area contributed by atoms with E-state index in [0.29, 0.717) is 41.0 Å². The number of amides is 1. The molecule has 3 aliphatic rings. The second-order valence-electron chi connectivity index (χ2n) is 9.58. The van der Waals surface area contributed by atoms with Gasteiger partial charge in [0.2, 0.25) is 0 Å². The van der Waals surface area contributed by atoms with Gasteiger partial charge >= 0.3 is 0 Å². The zero-order valence-corrected chi connectivity index (χ0v) is 21.7. The number of carbonyl (C=O) groups is 3. The smallest absolute Gasteiger partial charge is 0.262 e. The SMILES string of the molecule is COc1cc(C2C3=C(CCCC3=O)NC3=C2C(=O)CCC3)cc(Cl)c1OCC(=O)Nc1ccccc1C. The Balaban J connectivity index is 1.46. The topological polar surface area (TPSA) is 93.7 Å². The summed E-state index contributed by atoms with van der Waals surface area (Å²) in [5.41, 5.74) is 5.43. The number of hydrogen-bond acceptors (Lipinski definition) is 6. The number of anilines is 1. The van der Waals surface area contributed by atoms with Crippen molar-refractivity contribution in [3.63, 3.8) is 0 Å². The van der Waals surface area contributed by atoms with Crippen LogP contribution < -0.4 is 20.1 Å². The molecule has 0 saturated heterocycles. The number of dihydropyridines is 1. The van der Waals surface area contributed by atoms with Crippen LogP contribution in [0.25, 0.3) is 0 Å². The average molecular weight is 521 g/mol. The van der Waals surface area contributed by atoms with E-state index in [0.717, 1.165) is 42.6 Å². The minimum Gasteiger partial charge on any atom is -0.493 e. The number of ether oxygens (including phenoxy) is 2. The molecule has 5 rings (SSSR count). The van der Waals surface area contributed by atoms with Crippen molar-refractivity contribution in [2.24, 2.45) is 0 Å². The number of aryl methyl sites for hydroxylation is 1. The lowest BCUT2D eigenvalue weighted by Crippen LogP contribution is -2.36. The maximum absolute atomic E-state index is 13.1. The largest absolute Gasteiger partial charge is 0.493 e. The number of benzene rings is 2. The van der Waals surface area contributed by atoms with Crippen molar-refractivity contribution in [2.75, 3.05) is 19.0 Å². The molecule has 2 aromatic carbocycles. The van der Waals surface area contributed by atoms with Gasteiger partial charge < -0.3 is 20.1 Å². The number of para-hydroxylation sites is 1. The van der Waals surface area contributed by atoms with Gasteiger partial charge in [-0.2, -0.15) is 0 Å². The van der Waals surface area contributed by atoms with E-state index in [-0.39, 0.29) is 34.9 Å². The zero-order chi connectivity index (χ0) is 26.1. The van der Waals surface area contributed by atoms with E-state index < -0.39 is 5.92 Å². The minimum absolute atomic E-state index is 0.0481. The van der Waals surface area contributed by atoms with Crippen LogP contribution in [0.2, 0.25) is 5.02 Å². The van der Waals surface area contributed by atoms with Gasteiger partial charge in [0.1, 0.15) is 0 Å². The first-order valence-corrected chi connectivity index (χ1v) is 12.9. The van der Waals surface area contributed by atoms with Crippen LogP contribution in [0.1, 0.15) is 55.6 Å². The van der Waals surface area contributed by atoms with E-state index in [1.54, 1.807) is 12.1 Å². The highest BCUT2D eigenvalue weighted by molar-refractivity contribution is 6.32. The third-order valence-electron chi connectivity index (χ3n) is 7.14. The summed E-state index contributed by atoms with van der Waals surface area (Å²) in [6.07, 6.45) is 4.02. The highest BCUT2D eigenvalue weighted by Crippen LogP contribution is 2.48. The van der Waals surface area contributed by atoms with Gasteiger partial charge in [-0.1, -0.05) is 29.8 Å². The molecule has 37 heavy (non-hydrogen) atoms. The van der Waals surface area contributed by atoms with Crippen LogP contribution in [0.15, 0.2) is 58.9 Å². The highest BCUT2D eigenvalue weighted by Gasteiger charge is 2.40. The Labute approximate surface area is 220 Å². The lowest BCUT2D eigenvalue weighted by molar-refractivity contribution is -0.118. The van der Waals surface area contributed by atoms with Crippen LogP contribution in [0, 0.1) is 6.92 Å². The molecule has 2 aromatic rings. The summed E-state index contributed by atoms with van der Waals surface area (Å²) >= 11 is 6.67. The standard InChI is InChI=1S/C29H29ClN2O5/c1-16-7-3-4-8-19(16)32-25(35)15-37-29-18(30)13-17(14-24(29)36-2)26-27-20(9-5-11-22(27)33)31-21-10-6-12-23(34)28(21)26/h3-4,7-8,13-14,26,31H,5-6,9-12,15H2,1-2H3,(H,32,35). The molecule has 1 heterocycles. The molecule has 1 aliphatic heterocycles.